The van der Waals surface area contributed by atoms with Crippen LogP contribution in [0.15, 0.2) is 209 Å². The van der Waals surface area contributed by atoms with Crippen LogP contribution in [-0.2, 0) is 0 Å². The summed E-state index contributed by atoms with van der Waals surface area (Å²) in [5, 5.41) is 6.55. The molecular weight excluding hydrogens is 735 g/mol. The number of hydrogen-bond acceptors (Lipinski definition) is 5. The van der Waals surface area contributed by atoms with Gasteiger partial charge in [0.1, 0.15) is 22.3 Å². The van der Waals surface area contributed by atoms with E-state index in [1.807, 2.05) is 48.5 Å². The monoisotopic (exact) mass is 767 g/mol. The molecule has 0 amide bonds. The molecule has 60 heavy (non-hydrogen) atoms. The summed E-state index contributed by atoms with van der Waals surface area (Å²) in [4.78, 5) is 16.0. The van der Waals surface area contributed by atoms with Gasteiger partial charge in [-0.1, -0.05) is 158 Å². The van der Waals surface area contributed by atoms with Crippen LogP contribution >= 0.6 is 0 Å². The summed E-state index contributed by atoms with van der Waals surface area (Å²) in [5.74, 6) is 1.67. The van der Waals surface area contributed by atoms with Crippen molar-refractivity contribution in [3.63, 3.8) is 0 Å². The molecule has 12 rings (SSSR count). The zero-order chi connectivity index (χ0) is 39.6. The number of para-hydroxylation sites is 2. The fraction of sp³-hybridized carbons (Fsp3) is 0. The maximum Gasteiger partial charge on any atom is 0.167 e. The molecule has 0 unspecified atom stereocenters. The average Bonchev–Trinajstić information content (AvgIpc) is 3.90. The van der Waals surface area contributed by atoms with E-state index in [-0.39, 0.29) is 0 Å². The van der Waals surface area contributed by atoms with Gasteiger partial charge in [-0.2, -0.15) is 0 Å². The lowest BCUT2D eigenvalue weighted by atomic mass is 9.86. The molecule has 12 aromatic rings. The van der Waals surface area contributed by atoms with E-state index in [9.17, 15) is 0 Å². The molecule has 0 atom stereocenters. The van der Waals surface area contributed by atoms with E-state index in [0.717, 1.165) is 105 Å². The lowest BCUT2D eigenvalue weighted by molar-refractivity contribution is 0.669. The third-order valence-electron chi connectivity index (χ3n) is 11.5. The second kappa shape index (κ2) is 13.8. The molecule has 5 nitrogen and oxygen atoms in total. The summed E-state index contributed by atoms with van der Waals surface area (Å²) in [6.07, 6.45) is 0. The van der Waals surface area contributed by atoms with Crippen molar-refractivity contribution < 1.29 is 8.83 Å². The van der Waals surface area contributed by atoms with Gasteiger partial charge in [-0.25, -0.2) is 15.0 Å². The first-order valence-electron chi connectivity index (χ1n) is 20.1. The minimum Gasteiger partial charge on any atom is -0.456 e. The molecule has 0 aliphatic heterocycles. The lowest BCUT2D eigenvalue weighted by Crippen LogP contribution is -2.02. The van der Waals surface area contributed by atoms with Crippen LogP contribution in [0, 0.1) is 0 Å². The summed E-state index contributed by atoms with van der Waals surface area (Å²) in [7, 11) is 0. The number of furan rings is 2. The molecule has 0 fully saturated rings. The summed E-state index contributed by atoms with van der Waals surface area (Å²) < 4.78 is 13.0. The van der Waals surface area contributed by atoms with Crippen LogP contribution in [0.4, 0.5) is 0 Å². The smallest absolute Gasteiger partial charge is 0.167 e. The topological polar surface area (TPSA) is 65.0 Å². The van der Waals surface area contributed by atoms with Crippen molar-refractivity contribution in [1.82, 2.24) is 15.0 Å². The van der Waals surface area contributed by atoms with Gasteiger partial charge in [-0.3, -0.25) is 0 Å². The predicted octanol–water partition coefficient (Wildman–Crippen LogP) is 14.8. The third kappa shape index (κ3) is 5.59. The number of aromatic nitrogens is 3. The maximum absolute atomic E-state index is 6.74. The molecule has 9 aromatic carbocycles. The zero-order valence-electron chi connectivity index (χ0n) is 32.2. The Morgan fingerprint density at radius 3 is 1.70 bits per heavy atom. The highest BCUT2D eigenvalue weighted by molar-refractivity contribution is 6.20. The van der Waals surface area contributed by atoms with Gasteiger partial charge in [0.2, 0.25) is 0 Å². The van der Waals surface area contributed by atoms with Crippen LogP contribution in [-0.4, -0.2) is 15.0 Å². The summed E-state index contributed by atoms with van der Waals surface area (Å²) in [6.45, 7) is 0. The summed E-state index contributed by atoms with van der Waals surface area (Å²) >= 11 is 0. The van der Waals surface area contributed by atoms with Crippen molar-refractivity contribution in [3.8, 4) is 67.5 Å². The fourth-order valence-corrected chi connectivity index (χ4v) is 8.73. The zero-order valence-corrected chi connectivity index (χ0v) is 32.2. The van der Waals surface area contributed by atoms with Crippen molar-refractivity contribution in [1.29, 1.82) is 0 Å². The Morgan fingerprint density at radius 1 is 0.300 bits per heavy atom. The highest BCUT2D eigenvalue weighted by atomic mass is 16.3. The normalized spacial score (nSPS) is 11.7. The van der Waals surface area contributed by atoms with Crippen LogP contribution in [0.3, 0.4) is 0 Å². The van der Waals surface area contributed by atoms with E-state index in [1.165, 1.54) is 0 Å². The van der Waals surface area contributed by atoms with Gasteiger partial charge >= 0.3 is 0 Å². The molecular formula is C55H33N3O2. The van der Waals surface area contributed by atoms with Crippen LogP contribution in [0.1, 0.15) is 0 Å². The molecule has 0 aliphatic rings. The first kappa shape index (κ1) is 33.9. The number of fused-ring (bicyclic) bond motifs is 8. The van der Waals surface area contributed by atoms with Crippen LogP contribution in [0.25, 0.3) is 122 Å². The molecule has 5 heteroatoms. The fourth-order valence-electron chi connectivity index (χ4n) is 8.73. The Balaban J connectivity index is 1.17. The molecule has 0 saturated heterocycles. The van der Waals surface area contributed by atoms with E-state index < -0.39 is 0 Å². The maximum atomic E-state index is 6.74. The lowest BCUT2D eigenvalue weighted by Gasteiger charge is -2.19. The first-order chi connectivity index (χ1) is 29.7. The van der Waals surface area contributed by atoms with E-state index in [1.54, 1.807) is 0 Å². The van der Waals surface area contributed by atoms with Crippen molar-refractivity contribution in [3.05, 3.63) is 200 Å². The molecule has 280 valence electrons. The van der Waals surface area contributed by atoms with Crippen LogP contribution in [0.2, 0.25) is 0 Å². The van der Waals surface area contributed by atoms with Crippen molar-refractivity contribution in [2.24, 2.45) is 0 Å². The molecule has 0 radical (unpaired) electrons. The van der Waals surface area contributed by atoms with E-state index in [2.05, 4.69) is 152 Å². The average molecular weight is 768 g/mol. The van der Waals surface area contributed by atoms with E-state index in [0.29, 0.717) is 17.5 Å². The number of rotatable bonds is 6. The largest absolute Gasteiger partial charge is 0.456 e. The third-order valence-corrected chi connectivity index (χ3v) is 11.5. The van der Waals surface area contributed by atoms with Crippen molar-refractivity contribution >= 4 is 54.6 Å². The Bertz CT molecular complexity index is 3590. The van der Waals surface area contributed by atoms with Gasteiger partial charge in [-0.05, 0) is 81.1 Å². The van der Waals surface area contributed by atoms with Crippen LogP contribution in [0.5, 0.6) is 0 Å². The molecule has 3 heterocycles. The molecule has 0 bridgehead atoms. The van der Waals surface area contributed by atoms with Gasteiger partial charge in [0.15, 0.2) is 17.5 Å². The number of nitrogens with zero attached hydrogens (tertiary/aromatic N) is 3. The van der Waals surface area contributed by atoms with Gasteiger partial charge in [0.25, 0.3) is 0 Å². The number of benzene rings is 9. The van der Waals surface area contributed by atoms with Crippen molar-refractivity contribution in [2.75, 3.05) is 0 Å². The van der Waals surface area contributed by atoms with E-state index >= 15 is 0 Å². The number of hydrogen-bond donors (Lipinski definition) is 0. The quantitative estimate of drug-likeness (QED) is 0.169. The molecule has 0 spiro atoms. The molecule has 0 saturated carbocycles. The van der Waals surface area contributed by atoms with Gasteiger partial charge in [0, 0.05) is 38.2 Å². The van der Waals surface area contributed by atoms with E-state index in [4.69, 9.17) is 23.8 Å². The first-order valence-corrected chi connectivity index (χ1v) is 20.1. The SMILES string of the molecule is c1ccc(-c2cc(-c3ccc4oc5ccccc5c4c3)c(-c3ccccc3)c(-c3nc(-c4ccccc4)nc(-c4cccc5c4oc4ccc6ccccc6c45)n3)c2)cc1. The second-order valence-electron chi connectivity index (χ2n) is 15.1. The van der Waals surface area contributed by atoms with Gasteiger partial charge in [-0.15, -0.1) is 0 Å². The van der Waals surface area contributed by atoms with Crippen LogP contribution < -0.4 is 0 Å². The summed E-state index contributed by atoms with van der Waals surface area (Å²) in [6, 6.07) is 69.3. The van der Waals surface area contributed by atoms with Crippen molar-refractivity contribution in [2.45, 2.75) is 0 Å². The highest BCUT2D eigenvalue weighted by Crippen LogP contribution is 2.45. The Hall–Kier alpha value is -8.15. The summed E-state index contributed by atoms with van der Waals surface area (Å²) in [5.41, 5.74) is 12.2. The Morgan fingerprint density at radius 2 is 0.900 bits per heavy atom. The van der Waals surface area contributed by atoms with Gasteiger partial charge < -0.3 is 8.83 Å². The second-order valence-corrected chi connectivity index (χ2v) is 15.1. The minimum atomic E-state index is 0.532. The molecule has 3 aromatic heterocycles. The Kier molecular flexibility index (Phi) is 7.78. The molecule has 0 aliphatic carbocycles. The Labute approximate surface area is 344 Å². The standard InChI is InChI=1S/C55H33N3O2/c1-4-15-34(16-5-1)39-32-44(38-28-29-48-45(31-38)41-23-12-13-26-47(41)59-48)50(36-18-6-2-7-19-36)46(33-39)55-57-53(37-20-8-3-9-21-37)56-54(58-55)43-25-14-24-42-51-40-22-11-10-17-35(40)27-30-49(51)60-52(42)43/h1-33H. The highest BCUT2D eigenvalue weighted by Gasteiger charge is 2.23. The minimum absolute atomic E-state index is 0.532. The van der Waals surface area contributed by atoms with Gasteiger partial charge in [0.05, 0.1) is 5.56 Å². The molecule has 0 N–H and O–H groups in total. The predicted molar refractivity (Wildman–Crippen MR) is 245 cm³/mol.